The molecule has 0 amide bonds. The molecule has 1 aliphatic carbocycles. The van der Waals surface area contributed by atoms with Crippen LogP contribution in [0.15, 0.2) is 28.9 Å². The summed E-state index contributed by atoms with van der Waals surface area (Å²) in [5.74, 6) is 0.978. The molecule has 1 saturated carbocycles. The van der Waals surface area contributed by atoms with Crippen LogP contribution in [-0.4, -0.2) is 11.2 Å². The first kappa shape index (κ1) is 10.2. The third kappa shape index (κ3) is 1.54. The van der Waals surface area contributed by atoms with E-state index >= 15 is 0 Å². The summed E-state index contributed by atoms with van der Waals surface area (Å²) < 4.78 is 9.17. The first-order valence-electron chi connectivity index (χ1n) is 5.73. The molecule has 0 saturated heterocycles. The minimum absolute atomic E-state index is 0.700. The second-order valence-corrected chi connectivity index (χ2v) is 5.05. The van der Waals surface area contributed by atoms with Gasteiger partial charge in [-0.05, 0) is 47.8 Å². The lowest BCUT2D eigenvalue weighted by Crippen LogP contribution is -1.93. The normalized spacial score (nSPS) is 15.6. The zero-order chi connectivity index (χ0) is 11.1. The second-order valence-electron chi connectivity index (χ2n) is 4.20. The summed E-state index contributed by atoms with van der Waals surface area (Å²) in [5.41, 5.74) is 1.28. The van der Waals surface area contributed by atoms with Gasteiger partial charge in [0.1, 0.15) is 5.75 Å². The van der Waals surface area contributed by atoms with Gasteiger partial charge in [-0.15, -0.1) is 0 Å². The monoisotopic (exact) mass is 279 g/mol. The lowest BCUT2D eigenvalue weighted by molar-refractivity contribution is 0.344. The number of benzene rings is 1. The molecule has 0 N–H and O–H groups in total. The van der Waals surface area contributed by atoms with E-state index in [0.717, 1.165) is 10.2 Å². The molecule has 1 heterocycles. The van der Waals surface area contributed by atoms with Gasteiger partial charge in [0.05, 0.1) is 17.5 Å². The molecule has 3 heteroatoms. The van der Waals surface area contributed by atoms with Gasteiger partial charge in [-0.1, -0.05) is 6.07 Å². The predicted molar refractivity (Wildman–Crippen MR) is 69.1 cm³/mol. The number of nitrogens with zero attached hydrogens (tertiary/aromatic N) is 1. The van der Waals surface area contributed by atoms with Gasteiger partial charge in [0.2, 0.25) is 0 Å². The smallest absolute Gasteiger partial charge is 0.129 e. The summed E-state index contributed by atoms with van der Waals surface area (Å²) in [4.78, 5) is 0. The molecule has 1 aliphatic rings. The van der Waals surface area contributed by atoms with Gasteiger partial charge in [0.15, 0.2) is 0 Å². The molecule has 2 aromatic rings. The minimum atomic E-state index is 0.700. The summed E-state index contributed by atoms with van der Waals surface area (Å²) in [5, 5.41) is 1.20. The maximum absolute atomic E-state index is 5.67. The Hall–Kier alpha value is -0.960. The molecule has 3 rings (SSSR count). The predicted octanol–water partition coefficient (Wildman–Crippen LogP) is 4.14. The molecule has 0 atom stereocenters. The van der Waals surface area contributed by atoms with Crippen molar-refractivity contribution in [3.8, 4) is 5.75 Å². The van der Waals surface area contributed by atoms with Crippen molar-refractivity contribution >= 4 is 26.8 Å². The Morgan fingerprint density at radius 2 is 2.25 bits per heavy atom. The Labute approximate surface area is 103 Å². The molecule has 1 aromatic heterocycles. The number of aromatic nitrogens is 1. The van der Waals surface area contributed by atoms with Crippen LogP contribution in [0.4, 0.5) is 0 Å². The third-order valence-corrected chi connectivity index (χ3v) is 3.62. The Kier molecular flexibility index (Phi) is 2.43. The summed E-state index contributed by atoms with van der Waals surface area (Å²) in [6, 6.07) is 6.97. The molecule has 0 spiro atoms. The largest absolute Gasteiger partial charge is 0.493 e. The van der Waals surface area contributed by atoms with E-state index in [9.17, 15) is 0 Å². The standard InChI is InChI=1S/C13H14BrNO/c1-2-16-12-5-3-4-11-13(12)10(14)8-15(11)9-6-7-9/h3-5,8-9H,2,6-7H2,1H3. The van der Waals surface area contributed by atoms with Gasteiger partial charge in [-0.2, -0.15) is 0 Å². The van der Waals surface area contributed by atoms with Gasteiger partial charge in [-0.3, -0.25) is 0 Å². The van der Waals surface area contributed by atoms with Crippen molar-refractivity contribution in [2.45, 2.75) is 25.8 Å². The number of fused-ring (bicyclic) bond motifs is 1. The summed E-state index contributed by atoms with van der Waals surface area (Å²) in [7, 11) is 0. The first-order valence-corrected chi connectivity index (χ1v) is 6.52. The fraction of sp³-hybridized carbons (Fsp3) is 0.385. The van der Waals surface area contributed by atoms with Crippen molar-refractivity contribution in [3.05, 3.63) is 28.9 Å². The SMILES string of the molecule is CCOc1cccc2c1c(Br)cn2C1CC1. The number of halogens is 1. The van der Waals surface area contributed by atoms with E-state index in [4.69, 9.17) is 4.74 Å². The topological polar surface area (TPSA) is 14.2 Å². The quantitative estimate of drug-likeness (QED) is 0.824. The van der Waals surface area contributed by atoms with Crippen molar-refractivity contribution in [1.29, 1.82) is 0 Å². The van der Waals surface area contributed by atoms with Gasteiger partial charge in [-0.25, -0.2) is 0 Å². The second kappa shape index (κ2) is 3.81. The molecule has 0 radical (unpaired) electrons. The molecule has 1 aromatic carbocycles. The van der Waals surface area contributed by atoms with Crippen LogP contribution in [0.1, 0.15) is 25.8 Å². The first-order chi connectivity index (χ1) is 7.81. The molecule has 1 fully saturated rings. The Morgan fingerprint density at radius 1 is 1.44 bits per heavy atom. The van der Waals surface area contributed by atoms with Crippen LogP contribution >= 0.6 is 15.9 Å². The van der Waals surface area contributed by atoms with Crippen molar-refractivity contribution in [2.24, 2.45) is 0 Å². The Morgan fingerprint density at radius 3 is 2.94 bits per heavy atom. The average molecular weight is 280 g/mol. The van der Waals surface area contributed by atoms with E-state index in [1.165, 1.54) is 23.7 Å². The zero-order valence-corrected chi connectivity index (χ0v) is 10.8. The maximum Gasteiger partial charge on any atom is 0.129 e. The van der Waals surface area contributed by atoms with Gasteiger partial charge < -0.3 is 9.30 Å². The van der Waals surface area contributed by atoms with Crippen molar-refractivity contribution < 1.29 is 4.74 Å². The zero-order valence-electron chi connectivity index (χ0n) is 9.24. The highest BCUT2D eigenvalue weighted by Crippen LogP contribution is 2.42. The summed E-state index contributed by atoms with van der Waals surface area (Å²) >= 11 is 3.63. The highest BCUT2D eigenvalue weighted by molar-refractivity contribution is 9.10. The third-order valence-electron chi connectivity index (χ3n) is 3.01. The average Bonchev–Trinajstić information content (AvgIpc) is 3.05. The van der Waals surface area contributed by atoms with E-state index < -0.39 is 0 Å². The summed E-state index contributed by atoms with van der Waals surface area (Å²) in [6.45, 7) is 2.73. The number of rotatable bonds is 3. The fourth-order valence-electron chi connectivity index (χ4n) is 2.16. The molecule has 0 aliphatic heterocycles. The fourth-order valence-corrected chi connectivity index (χ4v) is 2.78. The van der Waals surface area contributed by atoms with E-state index in [0.29, 0.717) is 12.6 Å². The van der Waals surface area contributed by atoms with Gasteiger partial charge in [0, 0.05) is 16.7 Å². The van der Waals surface area contributed by atoms with Crippen LogP contribution in [-0.2, 0) is 0 Å². The van der Waals surface area contributed by atoms with Crippen LogP contribution < -0.4 is 4.74 Å². The van der Waals surface area contributed by atoms with Crippen LogP contribution in [0.25, 0.3) is 10.9 Å². The van der Waals surface area contributed by atoms with Crippen molar-refractivity contribution in [2.75, 3.05) is 6.61 Å². The van der Waals surface area contributed by atoms with Crippen LogP contribution in [0.3, 0.4) is 0 Å². The minimum Gasteiger partial charge on any atom is -0.493 e. The number of hydrogen-bond acceptors (Lipinski definition) is 1. The van der Waals surface area contributed by atoms with Crippen molar-refractivity contribution in [3.63, 3.8) is 0 Å². The van der Waals surface area contributed by atoms with E-state index in [1.807, 2.05) is 13.0 Å². The van der Waals surface area contributed by atoms with Crippen LogP contribution in [0.5, 0.6) is 5.75 Å². The maximum atomic E-state index is 5.67. The van der Waals surface area contributed by atoms with Gasteiger partial charge >= 0.3 is 0 Å². The molecular formula is C13H14BrNO. The van der Waals surface area contributed by atoms with E-state index in [-0.39, 0.29) is 0 Å². The molecule has 0 bridgehead atoms. The lowest BCUT2D eigenvalue weighted by atomic mass is 10.2. The van der Waals surface area contributed by atoms with Gasteiger partial charge in [0.25, 0.3) is 0 Å². The van der Waals surface area contributed by atoms with E-state index in [1.54, 1.807) is 0 Å². The lowest BCUT2D eigenvalue weighted by Gasteiger charge is -2.06. The Balaban J connectivity index is 2.22. The van der Waals surface area contributed by atoms with Crippen LogP contribution in [0, 0.1) is 0 Å². The molecular weight excluding hydrogens is 266 g/mol. The van der Waals surface area contributed by atoms with Crippen molar-refractivity contribution in [1.82, 2.24) is 4.57 Å². The number of hydrogen-bond donors (Lipinski definition) is 0. The highest BCUT2D eigenvalue weighted by atomic mass is 79.9. The Bertz CT molecular complexity index is 528. The van der Waals surface area contributed by atoms with Crippen LogP contribution in [0.2, 0.25) is 0 Å². The highest BCUT2D eigenvalue weighted by Gasteiger charge is 2.26. The molecule has 84 valence electrons. The van der Waals surface area contributed by atoms with E-state index in [2.05, 4.69) is 38.8 Å². The molecule has 0 unspecified atom stereocenters. The molecule has 16 heavy (non-hydrogen) atoms. The number of ether oxygens (including phenoxy) is 1. The molecule has 2 nitrogen and oxygen atoms in total. The summed E-state index contributed by atoms with van der Waals surface area (Å²) in [6.07, 6.45) is 4.79.